The van der Waals surface area contributed by atoms with E-state index in [1.807, 2.05) is 37.3 Å². The lowest BCUT2D eigenvalue weighted by atomic mass is 10.1. The van der Waals surface area contributed by atoms with Gasteiger partial charge in [-0.05, 0) is 43.3 Å². The number of benzene rings is 1. The molecule has 7 nitrogen and oxygen atoms in total. The number of thiazole rings is 1. The van der Waals surface area contributed by atoms with Crippen LogP contribution in [0.15, 0.2) is 75.3 Å². The minimum Gasteiger partial charge on any atom is -0.467 e. The Hall–Kier alpha value is -3.65. The molecule has 0 saturated carbocycles. The molecular weight excluding hydrogens is 414 g/mol. The third-order valence-electron chi connectivity index (χ3n) is 4.63. The molecule has 0 radical (unpaired) electrons. The van der Waals surface area contributed by atoms with Gasteiger partial charge in [0, 0.05) is 10.9 Å². The van der Waals surface area contributed by atoms with Crippen LogP contribution in [-0.2, 0) is 19.6 Å². The molecule has 0 unspecified atom stereocenters. The van der Waals surface area contributed by atoms with Crippen molar-refractivity contribution in [1.82, 2.24) is 15.2 Å². The van der Waals surface area contributed by atoms with E-state index in [-0.39, 0.29) is 24.9 Å². The van der Waals surface area contributed by atoms with Gasteiger partial charge in [0.15, 0.2) is 0 Å². The molecular formula is C23H21N3O4S. The number of aromatic nitrogens is 1. The number of nitrogens with zero attached hydrogens (tertiary/aromatic N) is 2. The number of rotatable bonds is 8. The average Bonchev–Trinajstić information content (AvgIpc) is 3.54. The molecule has 1 aromatic carbocycles. The van der Waals surface area contributed by atoms with Crippen LogP contribution in [0.5, 0.6) is 0 Å². The van der Waals surface area contributed by atoms with Crippen molar-refractivity contribution in [2.75, 3.05) is 0 Å². The van der Waals surface area contributed by atoms with Crippen LogP contribution in [0.3, 0.4) is 0 Å². The zero-order valence-corrected chi connectivity index (χ0v) is 17.7. The minimum atomic E-state index is -0.290. The zero-order valence-electron chi connectivity index (χ0n) is 16.9. The van der Waals surface area contributed by atoms with E-state index >= 15 is 0 Å². The van der Waals surface area contributed by atoms with E-state index in [2.05, 4.69) is 10.3 Å². The maximum atomic E-state index is 13.1. The second-order valence-corrected chi connectivity index (χ2v) is 7.94. The summed E-state index contributed by atoms with van der Waals surface area (Å²) in [5.41, 5.74) is 1.98. The van der Waals surface area contributed by atoms with Crippen LogP contribution in [0, 0.1) is 6.92 Å². The van der Waals surface area contributed by atoms with Crippen molar-refractivity contribution >= 4 is 23.2 Å². The van der Waals surface area contributed by atoms with Gasteiger partial charge in [-0.3, -0.25) is 9.59 Å². The SMILES string of the molecule is Cc1ccc(C(=O)N(Cc2ccco2)Cc2nc(C(=O)NCc3ccco3)cs2)cc1. The quantitative estimate of drug-likeness (QED) is 0.443. The largest absolute Gasteiger partial charge is 0.467 e. The molecule has 0 aliphatic carbocycles. The van der Waals surface area contributed by atoms with Gasteiger partial charge in [0.2, 0.25) is 0 Å². The average molecular weight is 436 g/mol. The number of nitrogens with one attached hydrogen (secondary N) is 1. The highest BCUT2D eigenvalue weighted by molar-refractivity contribution is 7.09. The van der Waals surface area contributed by atoms with Gasteiger partial charge in [0.25, 0.3) is 11.8 Å². The second-order valence-electron chi connectivity index (χ2n) is 7.00. The minimum absolute atomic E-state index is 0.129. The zero-order chi connectivity index (χ0) is 21.6. The van der Waals surface area contributed by atoms with E-state index in [4.69, 9.17) is 8.83 Å². The fourth-order valence-corrected chi connectivity index (χ4v) is 3.78. The summed E-state index contributed by atoms with van der Waals surface area (Å²) in [6.07, 6.45) is 3.13. The molecule has 1 N–H and O–H groups in total. The highest BCUT2D eigenvalue weighted by atomic mass is 32.1. The van der Waals surface area contributed by atoms with E-state index in [1.54, 1.807) is 41.0 Å². The van der Waals surface area contributed by atoms with Crippen LogP contribution in [0.4, 0.5) is 0 Å². The molecule has 0 saturated heterocycles. The van der Waals surface area contributed by atoms with Gasteiger partial charge >= 0.3 is 0 Å². The summed E-state index contributed by atoms with van der Waals surface area (Å²) in [6, 6.07) is 14.6. The lowest BCUT2D eigenvalue weighted by Crippen LogP contribution is -2.30. The number of furan rings is 2. The first-order valence-electron chi connectivity index (χ1n) is 9.72. The molecule has 158 valence electrons. The first-order valence-corrected chi connectivity index (χ1v) is 10.6. The van der Waals surface area contributed by atoms with Gasteiger partial charge in [0.05, 0.1) is 32.2 Å². The summed E-state index contributed by atoms with van der Waals surface area (Å²) in [6.45, 7) is 2.83. The molecule has 0 spiro atoms. The molecule has 0 aliphatic rings. The van der Waals surface area contributed by atoms with Gasteiger partial charge in [-0.25, -0.2) is 4.98 Å². The van der Waals surface area contributed by atoms with Gasteiger partial charge in [-0.2, -0.15) is 0 Å². The van der Waals surface area contributed by atoms with E-state index in [9.17, 15) is 9.59 Å². The molecule has 3 aromatic heterocycles. The summed E-state index contributed by atoms with van der Waals surface area (Å²) in [5.74, 6) is 0.919. The Labute approximate surface area is 183 Å². The van der Waals surface area contributed by atoms with E-state index < -0.39 is 0 Å². The number of hydrogen-bond donors (Lipinski definition) is 1. The van der Waals surface area contributed by atoms with E-state index in [0.717, 1.165) is 5.56 Å². The van der Waals surface area contributed by atoms with E-state index in [0.29, 0.717) is 34.3 Å². The molecule has 8 heteroatoms. The number of aryl methyl sites for hydroxylation is 1. The Kier molecular flexibility index (Phi) is 6.28. The number of carbonyl (C=O) groups excluding carboxylic acids is 2. The van der Waals surface area contributed by atoms with Gasteiger partial charge in [0.1, 0.15) is 22.2 Å². The third-order valence-corrected chi connectivity index (χ3v) is 5.46. The fraction of sp³-hybridized carbons (Fsp3) is 0.174. The van der Waals surface area contributed by atoms with Crippen LogP contribution in [0.1, 0.15) is 42.9 Å². The maximum absolute atomic E-state index is 13.1. The number of amides is 2. The number of carbonyl (C=O) groups is 2. The smallest absolute Gasteiger partial charge is 0.271 e. The summed E-state index contributed by atoms with van der Waals surface area (Å²) >= 11 is 1.34. The standard InChI is InChI=1S/C23H21N3O4S/c1-16-6-8-17(9-7-16)23(28)26(13-19-5-3-11-30-19)14-21-25-20(15-31-21)22(27)24-12-18-4-2-10-29-18/h2-11,15H,12-14H2,1H3,(H,24,27). The van der Waals surface area contributed by atoms with Crippen molar-refractivity contribution in [3.8, 4) is 0 Å². The predicted octanol–water partition coefficient (Wildman–Crippen LogP) is 4.41. The monoisotopic (exact) mass is 435 g/mol. The van der Waals surface area contributed by atoms with Crippen molar-refractivity contribution in [2.45, 2.75) is 26.6 Å². The molecule has 4 rings (SSSR count). The Morgan fingerprint density at radius 2 is 1.71 bits per heavy atom. The van der Waals surface area contributed by atoms with Crippen LogP contribution < -0.4 is 5.32 Å². The van der Waals surface area contributed by atoms with Crippen LogP contribution in [0.25, 0.3) is 0 Å². The number of hydrogen-bond acceptors (Lipinski definition) is 6. The van der Waals surface area contributed by atoms with Crippen molar-refractivity contribution in [2.24, 2.45) is 0 Å². The highest BCUT2D eigenvalue weighted by Crippen LogP contribution is 2.18. The summed E-state index contributed by atoms with van der Waals surface area (Å²) in [7, 11) is 0. The molecule has 0 bridgehead atoms. The van der Waals surface area contributed by atoms with Crippen LogP contribution >= 0.6 is 11.3 Å². The Morgan fingerprint density at radius 3 is 2.39 bits per heavy atom. The molecule has 4 aromatic rings. The topological polar surface area (TPSA) is 88.6 Å². The van der Waals surface area contributed by atoms with Crippen molar-refractivity contribution < 1.29 is 18.4 Å². The third kappa shape index (κ3) is 5.29. The molecule has 31 heavy (non-hydrogen) atoms. The van der Waals surface area contributed by atoms with Crippen LogP contribution in [-0.4, -0.2) is 21.7 Å². The summed E-state index contributed by atoms with van der Waals surface area (Å²) < 4.78 is 10.7. The van der Waals surface area contributed by atoms with Crippen LogP contribution in [0.2, 0.25) is 0 Å². The lowest BCUT2D eigenvalue weighted by Gasteiger charge is -2.20. The highest BCUT2D eigenvalue weighted by Gasteiger charge is 2.20. The molecule has 3 heterocycles. The van der Waals surface area contributed by atoms with Crippen molar-refractivity contribution in [3.05, 3.63) is 99.8 Å². The predicted molar refractivity (Wildman–Crippen MR) is 115 cm³/mol. The van der Waals surface area contributed by atoms with Crippen molar-refractivity contribution in [3.63, 3.8) is 0 Å². The van der Waals surface area contributed by atoms with Gasteiger partial charge in [-0.1, -0.05) is 17.7 Å². The summed E-state index contributed by atoms with van der Waals surface area (Å²) in [4.78, 5) is 31.6. The maximum Gasteiger partial charge on any atom is 0.271 e. The first kappa shape index (κ1) is 20.6. The van der Waals surface area contributed by atoms with Crippen molar-refractivity contribution in [1.29, 1.82) is 0 Å². The molecule has 0 aliphatic heterocycles. The Balaban J connectivity index is 1.47. The Morgan fingerprint density at radius 1 is 1.00 bits per heavy atom. The summed E-state index contributed by atoms with van der Waals surface area (Å²) in [5, 5.41) is 5.13. The van der Waals surface area contributed by atoms with Gasteiger partial charge < -0.3 is 19.1 Å². The second kappa shape index (κ2) is 9.44. The first-order chi connectivity index (χ1) is 15.1. The van der Waals surface area contributed by atoms with E-state index in [1.165, 1.54) is 11.3 Å². The molecule has 0 atom stereocenters. The molecule has 0 fully saturated rings. The fourth-order valence-electron chi connectivity index (χ4n) is 2.99. The normalized spacial score (nSPS) is 10.7. The Bertz CT molecular complexity index is 1130. The molecule has 2 amide bonds. The lowest BCUT2D eigenvalue weighted by molar-refractivity contribution is 0.0717. The van der Waals surface area contributed by atoms with Gasteiger partial charge in [-0.15, -0.1) is 11.3 Å².